The second-order valence-electron chi connectivity index (χ2n) is 6.75. The lowest BCUT2D eigenvalue weighted by Crippen LogP contribution is -2.46. The number of aliphatic carboxylic acids is 1. The Kier molecular flexibility index (Phi) is 4.90. The number of carboxylic acid groups (broad SMARTS) is 1. The van der Waals surface area contributed by atoms with E-state index in [4.69, 9.17) is 5.11 Å². The Morgan fingerprint density at radius 1 is 1.35 bits per heavy atom. The van der Waals surface area contributed by atoms with E-state index in [1.165, 1.54) is 24.1 Å². The molecule has 1 unspecified atom stereocenters. The van der Waals surface area contributed by atoms with Gasteiger partial charge < -0.3 is 15.3 Å². The summed E-state index contributed by atoms with van der Waals surface area (Å²) in [4.78, 5) is 26.4. The standard InChI is InChI=1S/C17H24N2O3S/c20-15(21)13-6-9-19(11-13)16(22)18-12-17(7-2-1-3-8-17)14-5-4-10-23-14/h4-5,10,13H,1-3,6-9,11-12H2,(H,18,22)(H,20,21). The van der Waals surface area contributed by atoms with Gasteiger partial charge in [-0.05, 0) is 30.7 Å². The van der Waals surface area contributed by atoms with Gasteiger partial charge in [-0.15, -0.1) is 11.3 Å². The Hall–Kier alpha value is -1.56. The molecule has 126 valence electrons. The van der Waals surface area contributed by atoms with Gasteiger partial charge in [0.1, 0.15) is 0 Å². The van der Waals surface area contributed by atoms with Crippen LogP contribution in [0.5, 0.6) is 0 Å². The molecule has 1 aromatic heterocycles. The Morgan fingerprint density at radius 3 is 2.74 bits per heavy atom. The van der Waals surface area contributed by atoms with Gasteiger partial charge in [0.25, 0.3) is 0 Å². The summed E-state index contributed by atoms with van der Waals surface area (Å²) in [5.74, 6) is -1.22. The molecule has 2 fully saturated rings. The van der Waals surface area contributed by atoms with Crippen molar-refractivity contribution in [3.63, 3.8) is 0 Å². The third kappa shape index (κ3) is 3.52. The zero-order valence-corrected chi connectivity index (χ0v) is 14.1. The van der Waals surface area contributed by atoms with Crippen molar-refractivity contribution in [3.8, 4) is 0 Å². The highest BCUT2D eigenvalue weighted by atomic mass is 32.1. The van der Waals surface area contributed by atoms with Crippen molar-refractivity contribution in [2.24, 2.45) is 5.92 Å². The lowest BCUT2D eigenvalue weighted by atomic mass is 9.73. The van der Waals surface area contributed by atoms with Crippen molar-refractivity contribution in [2.45, 2.75) is 43.9 Å². The molecule has 1 aromatic rings. The molecule has 0 spiro atoms. The maximum atomic E-state index is 12.4. The van der Waals surface area contributed by atoms with Crippen LogP contribution in [0.3, 0.4) is 0 Å². The third-order valence-corrected chi connectivity index (χ3v) is 6.37. The van der Waals surface area contributed by atoms with Crippen LogP contribution in [0, 0.1) is 5.92 Å². The van der Waals surface area contributed by atoms with Crippen LogP contribution in [0.4, 0.5) is 4.79 Å². The molecule has 23 heavy (non-hydrogen) atoms. The average Bonchev–Trinajstić information content (AvgIpc) is 3.25. The summed E-state index contributed by atoms with van der Waals surface area (Å²) in [6.45, 7) is 1.52. The van der Waals surface area contributed by atoms with E-state index in [0.717, 1.165) is 12.8 Å². The zero-order chi connectivity index (χ0) is 16.3. The van der Waals surface area contributed by atoms with Crippen LogP contribution >= 0.6 is 11.3 Å². The van der Waals surface area contributed by atoms with Crippen molar-refractivity contribution in [2.75, 3.05) is 19.6 Å². The van der Waals surface area contributed by atoms with Gasteiger partial charge in [0, 0.05) is 29.9 Å². The summed E-state index contributed by atoms with van der Waals surface area (Å²) < 4.78 is 0. The minimum atomic E-state index is -0.803. The maximum Gasteiger partial charge on any atom is 0.317 e. The molecule has 0 radical (unpaired) electrons. The van der Waals surface area contributed by atoms with Gasteiger partial charge in [-0.2, -0.15) is 0 Å². The fourth-order valence-electron chi connectivity index (χ4n) is 3.82. The van der Waals surface area contributed by atoms with Crippen molar-refractivity contribution in [3.05, 3.63) is 22.4 Å². The molecule has 1 atom stereocenters. The van der Waals surface area contributed by atoms with Gasteiger partial charge in [-0.3, -0.25) is 4.79 Å². The minimum Gasteiger partial charge on any atom is -0.481 e. The average molecular weight is 336 g/mol. The number of carbonyl (C=O) groups is 2. The Morgan fingerprint density at radius 2 is 2.13 bits per heavy atom. The first-order chi connectivity index (χ1) is 11.1. The molecule has 5 nitrogen and oxygen atoms in total. The monoisotopic (exact) mass is 336 g/mol. The molecular weight excluding hydrogens is 312 g/mol. The van der Waals surface area contributed by atoms with Gasteiger partial charge in [0.05, 0.1) is 5.92 Å². The Bertz CT molecular complexity index is 552. The molecule has 1 saturated carbocycles. The molecule has 1 aliphatic carbocycles. The van der Waals surface area contributed by atoms with E-state index in [0.29, 0.717) is 26.1 Å². The smallest absolute Gasteiger partial charge is 0.317 e. The molecule has 6 heteroatoms. The molecule has 1 saturated heterocycles. The number of likely N-dealkylation sites (tertiary alicyclic amines) is 1. The van der Waals surface area contributed by atoms with Gasteiger partial charge >= 0.3 is 12.0 Å². The highest BCUT2D eigenvalue weighted by molar-refractivity contribution is 7.10. The molecular formula is C17H24N2O3S. The predicted molar refractivity (Wildman–Crippen MR) is 89.8 cm³/mol. The second-order valence-corrected chi connectivity index (χ2v) is 7.69. The van der Waals surface area contributed by atoms with Crippen LogP contribution < -0.4 is 5.32 Å². The lowest BCUT2D eigenvalue weighted by Gasteiger charge is -2.37. The van der Waals surface area contributed by atoms with Crippen LogP contribution in [0.1, 0.15) is 43.4 Å². The first-order valence-electron chi connectivity index (χ1n) is 8.40. The molecule has 2 amide bonds. The number of urea groups is 1. The first kappa shape index (κ1) is 16.3. The third-order valence-electron chi connectivity index (χ3n) is 5.26. The zero-order valence-electron chi connectivity index (χ0n) is 13.3. The van der Waals surface area contributed by atoms with E-state index >= 15 is 0 Å². The number of carbonyl (C=O) groups excluding carboxylic acids is 1. The summed E-state index contributed by atoms with van der Waals surface area (Å²) in [6, 6.07) is 4.14. The lowest BCUT2D eigenvalue weighted by molar-refractivity contribution is -0.141. The quantitative estimate of drug-likeness (QED) is 0.888. The van der Waals surface area contributed by atoms with E-state index in [1.807, 2.05) is 0 Å². The van der Waals surface area contributed by atoms with Crippen molar-refractivity contribution < 1.29 is 14.7 Å². The maximum absolute atomic E-state index is 12.4. The number of amides is 2. The fourth-order valence-corrected chi connectivity index (χ4v) is 4.81. The predicted octanol–water partition coefficient (Wildman–Crippen LogP) is 3.07. The second kappa shape index (κ2) is 6.91. The number of nitrogens with zero attached hydrogens (tertiary/aromatic N) is 1. The van der Waals surface area contributed by atoms with Crippen LogP contribution in [-0.2, 0) is 10.2 Å². The van der Waals surface area contributed by atoms with Crippen molar-refractivity contribution in [1.29, 1.82) is 0 Å². The van der Waals surface area contributed by atoms with E-state index in [-0.39, 0.29) is 11.4 Å². The molecule has 2 heterocycles. The first-order valence-corrected chi connectivity index (χ1v) is 9.28. The number of hydrogen-bond acceptors (Lipinski definition) is 3. The van der Waals surface area contributed by atoms with Crippen LogP contribution in [0.15, 0.2) is 17.5 Å². The molecule has 0 aromatic carbocycles. The summed E-state index contributed by atoms with van der Waals surface area (Å²) >= 11 is 1.77. The summed E-state index contributed by atoms with van der Waals surface area (Å²) in [6.07, 6.45) is 6.47. The molecule has 2 aliphatic rings. The number of rotatable bonds is 4. The fraction of sp³-hybridized carbons (Fsp3) is 0.647. The molecule has 3 rings (SSSR count). The van der Waals surface area contributed by atoms with Gasteiger partial charge in [0.2, 0.25) is 0 Å². The van der Waals surface area contributed by atoms with Crippen LogP contribution in [0.2, 0.25) is 0 Å². The molecule has 1 aliphatic heterocycles. The topological polar surface area (TPSA) is 69.6 Å². The van der Waals surface area contributed by atoms with Crippen molar-refractivity contribution >= 4 is 23.3 Å². The Balaban J connectivity index is 1.61. The number of thiophene rings is 1. The van der Waals surface area contributed by atoms with Crippen LogP contribution in [-0.4, -0.2) is 41.6 Å². The Labute approximate surface area is 140 Å². The highest BCUT2D eigenvalue weighted by Crippen LogP contribution is 2.41. The van der Waals surface area contributed by atoms with Gasteiger partial charge in [-0.1, -0.05) is 25.3 Å². The number of hydrogen-bond donors (Lipinski definition) is 2. The SMILES string of the molecule is O=C(O)C1CCN(C(=O)NCC2(c3cccs3)CCCCC2)C1. The highest BCUT2D eigenvalue weighted by Gasteiger charge is 2.36. The molecule has 0 bridgehead atoms. The summed E-state index contributed by atoms with van der Waals surface area (Å²) in [5.41, 5.74) is 0.0635. The summed E-state index contributed by atoms with van der Waals surface area (Å²) in [7, 11) is 0. The van der Waals surface area contributed by atoms with Gasteiger partial charge in [-0.25, -0.2) is 4.79 Å². The van der Waals surface area contributed by atoms with E-state index in [1.54, 1.807) is 16.2 Å². The van der Waals surface area contributed by atoms with E-state index in [9.17, 15) is 9.59 Å². The normalized spacial score (nSPS) is 23.7. The van der Waals surface area contributed by atoms with Crippen molar-refractivity contribution in [1.82, 2.24) is 10.2 Å². The minimum absolute atomic E-state index is 0.0635. The number of carboxylic acids is 1. The number of nitrogens with one attached hydrogen (secondary N) is 1. The van der Waals surface area contributed by atoms with E-state index in [2.05, 4.69) is 22.8 Å². The summed E-state index contributed by atoms with van der Waals surface area (Å²) in [5, 5.41) is 14.2. The largest absolute Gasteiger partial charge is 0.481 e. The molecule has 2 N–H and O–H groups in total. The van der Waals surface area contributed by atoms with Gasteiger partial charge in [0.15, 0.2) is 0 Å². The van der Waals surface area contributed by atoms with E-state index < -0.39 is 11.9 Å². The van der Waals surface area contributed by atoms with Crippen LogP contribution in [0.25, 0.3) is 0 Å².